The highest BCUT2D eigenvalue weighted by Crippen LogP contribution is 2.34. The molecular weight excluding hydrogens is 363 g/mol. The van der Waals surface area contributed by atoms with E-state index in [-0.39, 0.29) is 12.1 Å². The van der Waals surface area contributed by atoms with Gasteiger partial charge in [0.1, 0.15) is 6.10 Å². The Hall–Kier alpha value is -1.72. The van der Waals surface area contributed by atoms with Gasteiger partial charge in [-0.15, -0.1) is 0 Å². The maximum Gasteiger partial charge on any atom is 0.338 e. The van der Waals surface area contributed by atoms with E-state index in [4.69, 9.17) is 27.9 Å². The Bertz CT molecular complexity index is 748. The van der Waals surface area contributed by atoms with Crippen LogP contribution in [0.4, 0.5) is 4.79 Å². The molecule has 1 fully saturated rings. The van der Waals surface area contributed by atoms with E-state index in [0.717, 1.165) is 19.3 Å². The highest BCUT2D eigenvalue weighted by molar-refractivity contribution is 6.42. The minimum atomic E-state index is -0.632. The Morgan fingerprint density at radius 1 is 1.24 bits per heavy atom. The first-order chi connectivity index (χ1) is 11.9. The lowest BCUT2D eigenvalue weighted by Crippen LogP contribution is -2.45. The molecule has 2 aliphatic rings. The van der Waals surface area contributed by atoms with Crippen LogP contribution in [0.2, 0.25) is 10.0 Å². The Balaban J connectivity index is 1.91. The number of allylic oxidation sites excluding steroid dienone is 1. The number of urea groups is 1. The molecule has 2 amide bonds. The van der Waals surface area contributed by atoms with E-state index in [1.807, 2.05) is 0 Å². The number of carbonyl (C=O) groups is 2. The van der Waals surface area contributed by atoms with E-state index < -0.39 is 12.0 Å². The van der Waals surface area contributed by atoms with Crippen LogP contribution in [0, 0.1) is 5.92 Å². The van der Waals surface area contributed by atoms with Gasteiger partial charge in [-0.25, -0.2) is 9.59 Å². The minimum absolute atomic E-state index is 0.0834. The van der Waals surface area contributed by atoms with Gasteiger partial charge in [-0.3, -0.25) is 0 Å². The number of amides is 2. The quantitative estimate of drug-likeness (QED) is 0.763. The Kier molecular flexibility index (Phi) is 5.25. The molecule has 3 atom stereocenters. The summed E-state index contributed by atoms with van der Waals surface area (Å²) >= 11 is 12.1. The van der Waals surface area contributed by atoms with Crippen molar-refractivity contribution < 1.29 is 14.3 Å². The molecule has 5 nitrogen and oxygen atoms in total. The van der Waals surface area contributed by atoms with E-state index in [0.29, 0.717) is 32.8 Å². The number of carbonyl (C=O) groups excluding carboxylic acids is 2. The molecule has 7 heteroatoms. The van der Waals surface area contributed by atoms with Crippen LogP contribution in [-0.2, 0) is 9.53 Å². The van der Waals surface area contributed by atoms with Gasteiger partial charge in [0.25, 0.3) is 0 Å². The normalized spacial score (nSPS) is 26.2. The predicted molar refractivity (Wildman–Crippen MR) is 96.5 cm³/mol. The summed E-state index contributed by atoms with van der Waals surface area (Å²) in [7, 11) is 0. The van der Waals surface area contributed by atoms with Gasteiger partial charge in [0.05, 0.1) is 21.7 Å². The summed E-state index contributed by atoms with van der Waals surface area (Å²) in [6.45, 7) is 3.78. The molecule has 2 N–H and O–H groups in total. The van der Waals surface area contributed by atoms with Gasteiger partial charge in [-0.2, -0.15) is 0 Å². The largest absolute Gasteiger partial charge is 0.459 e. The van der Waals surface area contributed by atoms with Gasteiger partial charge in [0, 0.05) is 5.70 Å². The second-order valence-corrected chi connectivity index (χ2v) is 7.41. The summed E-state index contributed by atoms with van der Waals surface area (Å²) in [5.74, 6) is -0.0701. The smallest absolute Gasteiger partial charge is 0.338 e. The zero-order chi connectivity index (χ0) is 18.1. The number of hydrogen-bond donors (Lipinski definition) is 2. The molecule has 0 saturated heterocycles. The van der Waals surface area contributed by atoms with Crippen LogP contribution in [0.3, 0.4) is 0 Å². The fourth-order valence-corrected chi connectivity index (χ4v) is 3.70. The number of hydrogen-bond acceptors (Lipinski definition) is 3. The second-order valence-electron chi connectivity index (χ2n) is 6.60. The lowest BCUT2D eigenvalue weighted by molar-refractivity contribution is -0.146. The van der Waals surface area contributed by atoms with E-state index >= 15 is 0 Å². The van der Waals surface area contributed by atoms with Crippen molar-refractivity contribution in [1.29, 1.82) is 0 Å². The lowest BCUT2D eigenvalue weighted by atomic mass is 9.95. The molecular formula is C18H20Cl2N2O3. The Morgan fingerprint density at radius 2 is 2.00 bits per heavy atom. The zero-order valence-corrected chi connectivity index (χ0v) is 15.6. The number of ether oxygens (including phenoxy) is 1. The van der Waals surface area contributed by atoms with Crippen molar-refractivity contribution in [3.63, 3.8) is 0 Å². The molecule has 25 heavy (non-hydrogen) atoms. The maximum absolute atomic E-state index is 12.8. The van der Waals surface area contributed by atoms with Crippen molar-refractivity contribution in [2.24, 2.45) is 5.92 Å². The average Bonchev–Trinajstić information content (AvgIpc) is 2.94. The van der Waals surface area contributed by atoms with Gasteiger partial charge >= 0.3 is 12.0 Å². The molecule has 1 aromatic carbocycles. The van der Waals surface area contributed by atoms with Crippen molar-refractivity contribution in [2.45, 2.75) is 45.3 Å². The van der Waals surface area contributed by atoms with Crippen LogP contribution >= 0.6 is 23.2 Å². The fraction of sp³-hybridized carbons (Fsp3) is 0.444. The average molecular weight is 383 g/mol. The Labute approximate surface area is 156 Å². The topological polar surface area (TPSA) is 67.4 Å². The summed E-state index contributed by atoms with van der Waals surface area (Å²) in [4.78, 5) is 24.7. The molecule has 0 radical (unpaired) electrons. The number of rotatable bonds is 3. The molecule has 134 valence electrons. The van der Waals surface area contributed by atoms with Gasteiger partial charge in [0.2, 0.25) is 0 Å². The van der Waals surface area contributed by atoms with E-state index in [9.17, 15) is 9.59 Å². The molecule has 0 bridgehead atoms. The van der Waals surface area contributed by atoms with Crippen molar-refractivity contribution in [3.05, 3.63) is 45.1 Å². The van der Waals surface area contributed by atoms with Crippen LogP contribution in [0.15, 0.2) is 29.5 Å². The predicted octanol–water partition coefficient (Wildman–Crippen LogP) is 4.35. The maximum atomic E-state index is 12.8. The first-order valence-electron chi connectivity index (χ1n) is 8.31. The third kappa shape index (κ3) is 3.77. The van der Waals surface area contributed by atoms with Gasteiger partial charge in [-0.05, 0) is 49.8 Å². The number of esters is 1. The van der Waals surface area contributed by atoms with Crippen molar-refractivity contribution in [2.75, 3.05) is 0 Å². The van der Waals surface area contributed by atoms with Gasteiger partial charge < -0.3 is 15.4 Å². The van der Waals surface area contributed by atoms with Gasteiger partial charge in [0.15, 0.2) is 0 Å². The van der Waals surface area contributed by atoms with Crippen LogP contribution in [0.5, 0.6) is 0 Å². The molecule has 0 aromatic heterocycles. The highest BCUT2D eigenvalue weighted by Gasteiger charge is 2.35. The van der Waals surface area contributed by atoms with Crippen molar-refractivity contribution in [3.8, 4) is 0 Å². The summed E-state index contributed by atoms with van der Waals surface area (Å²) in [5.41, 5.74) is 1.54. The monoisotopic (exact) mass is 382 g/mol. The molecule has 1 aliphatic carbocycles. The van der Waals surface area contributed by atoms with Crippen LogP contribution in [-0.4, -0.2) is 18.1 Å². The molecule has 1 aromatic rings. The van der Waals surface area contributed by atoms with Crippen molar-refractivity contribution in [1.82, 2.24) is 10.6 Å². The highest BCUT2D eigenvalue weighted by atomic mass is 35.5. The second kappa shape index (κ2) is 7.26. The van der Waals surface area contributed by atoms with Crippen LogP contribution in [0.25, 0.3) is 0 Å². The fourth-order valence-electron chi connectivity index (χ4n) is 3.39. The number of nitrogens with one attached hydrogen (secondary N) is 2. The minimum Gasteiger partial charge on any atom is -0.459 e. The summed E-state index contributed by atoms with van der Waals surface area (Å²) in [6.07, 6.45) is 2.90. The molecule has 0 spiro atoms. The molecule has 1 saturated carbocycles. The molecule has 1 aliphatic heterocycles. The first-order valence-corrected chi connectivity index (χ1v) is 9.06. The van der Waals surface area contributed by atoms with Gasteiger partial charge in [-0.1, -0.05) is 36.2 Å². The molecule has 1 heterocycles. The summed E-state index contributed by atoms with van der Waals surface area (Å²) in [6, 6.07) is 4.03. The molecule has 3 rings (SSSR count). The molecule has 0 unspecified atom stereocenters. The SMILES string of the molecule is CC1=C(C(=O)O[C@H]2CCC[C@H]2C)[C@@H](c2ccc(Cl)c(Cl)c2)NC(=O)N1. The lowest BCUT2D eigenvalue weighted by Gasteiger charge is -2.29. The summed E-state index contributed by atoms with van der Waals surface area (Å²) in [5, 5.41) is 6.18. The van der Waals surface area contributed by atoms with Crippen LogP contribution in [0.1, 0.15) is 44.7 Å². The van der Waals surface area contributed by atoms with E-state index in [2.05, 4.69) is 17.6 Å². The number of benzene rings is 1. The zero-order valence-electron chi connectivity index (χ0n) is 14.1. The third-order valence-electron chi connectivity index (χ3n) is 4.81. The summed E-state index contributed by atoms with van der Waals surface area (Å²) < 4.78 is 5.73. The third-order valence-corrected chi connectivity index (χ3v) is 5.55. The standard InChI is InChI=1S/C18H20Cl2N2O3/c1-9-4-3-5-14(9)25-17(23)15-10(2)21-18(24)22-16(15)11-6-7-12(19)13(20)8-11/h6-9,14,16H,3-5H2,1-2H3,(H2,21,22,24)/t9-,14+,16-/m1/s1. The van der Waals surface area contributed by atoms with Crippen LogP contribution < -0.4 is 10.6 Å². The van der Waals surface area contributed by atoms with Crippen molar-refractivity contribution >= 4 is 35.2 Å². The van der Waals surface area contributed by atoms with E-state index in [1.165, 1.54) is 0 Å². The van der Waals surface area contributed by atoms with E-state index in [1.54, 1.807) is 25.1 Å². The number of halogens is 2. The Morgan fingerprint density at radius 3 is 2.64 bits per heavy atom. The first kappa shape index (κ1) is 18.1.